The van der Waals surface area contributed by atoms with Crippen LogP contribution >= 0.6 is 0 Å². The molecule has 9 nitrogen and oxygen atoms in total. The molecule has 0 aliphatic carbocycles. The van der Waals surface area contributed by atoms with Crippen LogP contribution in [-0.2, 0) is 0 Å². The van der Waals surface area contributed by atoms with E-state index in [1.807, 2.05) is 0 Å². The Morgan fingerprint density at radius 2 is 2.10 bits per heavy atom. The fraction of sp³-hybridized carbons (Fsp3) is 0.364. The summed E-state index contributed by atoms with van der Waals surface area (Å²) in [6, 6.07) is 5.05. The highest BCUT2D eigenvalue weighted by atomic mass is 16.7. The highest BCUT2D eigenvalue weighted by molar-refractivity contribution is 5.84. The molecule has 0 N–H and O–H groups in total. The molecule has 20 heavy (non-hydrogen) atoms. The number of non-ortho nitro benzene ring substituents is 1. The molecule has 0 amide bonds. The zero-order valence-electron chi connectivity index (χ0n) is 11.6. The Hall–Kier alpha value is -2.71. The second-order valence-corrected chi connectivity index (χ2v) is 4.53. The smallest absolute Gasteiger partial charge is 0.278 e. The van der Waals surface area contributed by atoms with Crippen LogP contribution in [0.4, 0.5) is 5.69 Å². The van der Waals surface area contributed by atoms with Crippen molar-refractivity contribution >= 4 is 22.7 Å². The first-order chi connectivity index (χ1) is 9.41. The predicted octanol–water partition coefficient (Wildman–Crippen LogP) is -0.0422. The van der Waals surface area contributed by atoms with E-state index in [1.54, 1.807) is 49.8 Å². The van der Waals surface area contributed by atoms with E-state index >= 15 is 0 Å². The highest BCUT2D eigenvalue weighted by Crippen LogP contribution is 2.22. The van der Waals surface area contributed by atoms with Crippen molar-refractivity contribution in [1.29, 1.82) is 0 Å². The maximum Gasteiger partial charge on any atom is 0.471 e. The Kier molecular flexibility index (Phi) is 3.51. The Labute approximate surface area is 114 Å². The van der Waals surface area contributed by atoms with Crippen molar-refractivity contribution in [1.82, 2.24) is 20.1 Å². The third-order valence-electron chi connectivity index (χ3n) is 2.55. The molecule has 1 aromatic heterocycles. The summed E-state index contributed by atoms with van der Waals surface area (Å²) in [7, 11) is 7.18. The molecule has 0 fully saturated rings. The Morgan fingerprint density at radius 3 is 2.65 bits per heavy atom. The lowest BCUT2D eigenvalue weighted by atomic mass is 10.3. The van der Waals surface area contributed by atoms with Crippen LogP contribution in [-0.4, -0.2) is 63.8 Å². The highest BCUT2D eigenvalue weighted by Gasteiger charge is 2.23. The largest absolute Gasteiger partial charge is 0.471 e. The summed E-state index contributed by atoms with van der Waals surface area (Å²) in [4.78, 5) is 19.0. The first kappa shape index (κ1) is 13.7. The van der Waals surface area contributed by atoms with Gasteiger partial charge in [0.2, 0.25) is 5.52 Å². The summed E-state index contributed by atoms with van der Waals surface area (Å²) in [5.41, 5.74) is 0.513. The summed E-state index contributed by atoms with van der Waals surface area (Å²) < 4.78 is 1.72. The van der Waals surface area contributed by atoms with E-state index in [0.717, 1.165) is 4.85 Å². The molecular formula is C11H15N6O3+. The van der Waals surface area contributed by atoms with Crippen molar-refractivity contribution in [3.63, 3.8) is 0 Å². The molecule has 0 bridgehead atoms. The minimum Gasteiger partial charge on any atom is -0.278 e. The van der Waals surface area contributed by atoms with Crippen molar-refractivity contribution in [3.05, 3.63) is 28.3 Å². The van der Waals surface area contributed by atoms with Gasteiger partial charge in [0.15, 0.2) is 0 Å². The summed E-state index contributed by atoms with van der Waals surface area (Å²) in [5.74, 6) is 0. The quantitative estimate of drug-likeness (QED) is 0.252. The summed E-state index contributed by atoms with van der Waals surface area (Å²) in [6.07, 6.45) is 0. The molecule has 0 aliphatic heterocycles. The van der Waals surface area contributed by atoms with Gasteiger partial charge in [0.25, 0.3) is 0 Å². The van der Waals surface area contributed by atoms with Crippen LogP contribution in [0.1, 0.15) is 0 Å². The number of nitrogens with zero attached hydrogens (tertiary/aromatic N) is 6. The van der Waals surface area contributed by atoms with Crippen LogP contribution in [0.15, 0.2) is 18.2 Å². The van der Waals surface area contributed by atoms with Gasteiger partial charge in [0.1, 0.15) is 5.52 Å². The van der Waals surface area contributed by atoms with Gasteiger partial charge in [-0.1, -0.05) is 10.9 Å². The van der Waals surface area contributed by atoms with Crippen molar-refractivity contribution < 1.29 is 14.3 Å². The second kappa shape index (κ2) is 5.11. The maximum absolute atomic E-state index is 11.1. The topological polar surface area (TPSA) is 89.3 Å². The van der Waals surface area contributed by atoms with Gasteiger partial charge in [-0.2, -0.15) is 0 Å². The molecule has 9 heteroatoms. The van der Waals surface area contributed by atoms with Gasteiger partial charge in [-0.25, -0.2) is 9.48 Å². The predicted molar refractivity (Wildman–Crippen MR) is 71.6 cm³/mol. The SMILES string of the molecule is CN(C)C(On1nnc2cccc([N+](=O)[O-])c21)=[N+](C)C. The first-order valence-corrected chi connectivity index (χ1v) is 5.80. The van der Waals surface area contributed by atoms with Crippen LogP contribution in [0.25, 0.3) is 11.0 Å². The van der Waals surface area contributed by atoms with E-state index < -0.39 is 4.92 Å². The zero-order valence-corrected chi connectivity index (χ0v) is 11.6. The molecule has 2 rings (SSSR count). The minimum atomic E-state index is -0.490. The van der Waals surface area contributed by atoms with Crippen molar-refractivity contribution in [2.24, 2.45) is 0 Å². The molecule has 0 radical (unpaired) electrons. The molecule has 2 aromatic rings. The average Bonchev–Trinajstić information content (AvgIpc) is 2.77. The Balaban J connectivity index is 2.56. The van der Waals surface area contributed by atoms with E-state index in [0.29, 0.717) is 11.5 Å². The molecule has 0 saturated heterocycles. The fourth-order valence-electron chi connectivity index (χ4n) is 1.78. The summed E-state index contributed by atoms with van der Waals surface area (Å²) in [6.45, 7) is 0. The van der Waals surface area contributed by atoms with E-state index in [1.165, 1.54) is 6.07 Å². The van der Waals surface area contributed by atoms with Gasteiger partial charge < -0.3 is 0 Å². The van der Waals surface area contributed by atoms with Crippen molar-refractivity contribution in [2.75, 3.05) is 28.2 Å². The lowest BCUT2D eigenvalue weighted by Crippen LogP contribution is -2.39. The molecule has 0 aliphatic rings. The molecule has 0 unspecified atom stereocenters. The zero-order chi connectivity index (χ0) is 14.9. The third-order valence-corrected chi connectivity index (χ3v) is 2.55. The number of nitro groups is 1. The van der Waals surface area contributed by atoms with Crippen LogP contribution in [0, 0.1) is 10.1 Å². The van der Waals surface area contributed by atoms with Crippen LogP contribution in [0.3, 0.4) is 0 Å². The number of rotatable bonds is 2. The minimum absolute atomic E-state index is 0.107. The standard InChI is InChI=1S/C11H15N6O3/c1-14(2)11(15(3)4)20-16-10-8(12-13-16)6-5-7-9(10)17(18)19/h5-7H,1-4H3/q+1. The molecular weight excluding hydrogens is 264 g/mol. The molecule has 0 spiro atoms. The van der Waals surface area contributed by atoms with Gasteiger partial charge in [-0.15, -0.1) is 5.10 Å². The van der Waals surface area contributed by atoms with Crippen LogP contribution in [0.2, 0.25) is 0 Å². The molecule has 106 valence electrons. The Bertz CT molecular complexity index is 687. The molecule has 0 atom stereocenters. The van der Waals surface area contributed by atoms with E-state index in [4.69, 9.17) is 4.84 Å². The van der Waals surface area contributed by atoms with Crippen molar-refractivity contribution in [2.45, 2.75) is 0 Å². The van der Waals surface area contributed by atoms with E-state index in [2.05, 4.69) is 10.3 Å². The summed E-state index contributed by atoms with van der Waals surface area (Å²) >= 11 is 0. The van der Waals surface area contributed by atoms with Crippen molar-refractivity contribution in [3.8, 4) is 0 Å². The molecule has 1 aromatic carbocycles. The fourth-order valence-corrected chi connectivity index (χ4v) is 1.78. The summed E-state index contributed by atoms with van der Waals surface area (Å²) in [5, 5.41) is 18.7. The van der Waals surface area contributed by atoms with Gasteiger partial charge in [0, 0.05) is 6.07 Å². The van der Waals surface area contributed by atoms with Gasteiger partial charge in [-0.05, 0) is 11.3 Å². The number of hydrogen-bond acceptors (Lipinski definition) is 5. The lowest BCUT2D eigenvalue weighted by Gasteiger charge is -2.10. The number of para-hydroxylation sites is 1. The lowest BCUT2D eigenvalue weighted by molar-refractivity contribution is -0.480. The van der Waals surface area contributed by atoms with E-state index in [9.17, 15) is 10.1 Å². The first-order valence-electron chi connectivity index (χ1n) is 5.80. The maximum atomic E-state index is 11.1. The van der Waals surface area contributed by atoms with Gasteiger partial charge >= 0.3 is 11.7 Å². The number of hydrogen-bond donors (Lipinski definition) is 0. The number of benzene rings is 1. The van der Waals surface area contributed by atoms with Gasteiger partial charge in [0.05, 0.1) is 33.1 Å². The van der Waals surface area contributed by atoms with Gasteiger partial charge in [-0.3, -0.25) is 15.0 Å². The van der Waals surface area contributed by atoms with Crippen LogP contribution < -0.4 is 4.84 Å². The Morgan fingerprint density at radius 1 is 1.40 bits per heavy atom. The molecule has 1 heterocycles. The normalized spacial score (nSPS) is 10.4. The van der Waals surface area contributed by atoms with Crippen LogP contribution in [0.5, 0.6) is 0 Å². The number of fused-ring (bicyclic) bond motifs is 1. The van der Waals surface area contributed by atoms with E-state index in [-0.39, 0.29) is 11.2 Å². The average molecular weight is 279 g/mol. The number of amidine groups is 1. The monoisotopic (exact) mass is 279 g/mol. The molecule has 0 saturated carbocycles. The number of aromatic nitrogens is 3. The second-order valence-electron chi connectivity index (χ2n) is 4.53. The third kappa shape index (κ3) is 2.37. The number of nitro benzene ring substituents is 1.